The summed E-state index contributed by atoms with van der Waals surface area (Å²) in [5, 5.41) is 18.7. The van der Waals surface area contributed by atoms with Crippen molar-refractivity contribution in [1.29, 1.82) is 0 Å². The van der Waals surface area contributed by atoms with Gasteiger partial charge in [0.2, 0.25) is 5.88 Å². The molecule has 9 nitrogen and oxygen atoms in total. The highest BCUT2D eigenvalue weighted by molar-refractivity contribution is 5.94. The summed E-state index contributed by atoms with van der Waals surface area (Å²) in [6, 6.07) is 18.2. The van der Waals surface area contributed by atoms with Gasteiger partial charge in [0.15, 0.2) is 11.5 Å². The SMILES string of the molecule is CNc1ccc(C(=O)NCCOc2ccc3nnc(-c4ccc(OC)cc4)n3n2)cc1. The van der Waals surface area contributed by atoms with Gasteiger partial charge in [-0.05, 0) is 54.6 Å². The largest absolute Gasteiger partial charge is 0.497 e. The number of benzene rings is 2. The molecule has 0 aliphatic rings. The van der Waals surface area contributed by atoms with Crippen LogP contribution in [0.3, 0.4) is 0 Å². The molecule has 0 radical (unpaired) electrons. The summed E-state index contributed by atoms with van der Waals surface area (Å²) in [6.45, 7) is 0.624. The average molecular weight is 418 g/mol. The maximum Gasteiger partial charge on any atom is 0.251 e. The van der Waals surface area contributed by atoms with E-state index in [2.05, 4.69) is 25.9 Å². The van der Waals surface area contributed by atoms with Crippen LogP contribution in [0.1, 0.15) is 10.4 Å². The second kappa shape index (κ2) is 9.12. The van der Waals surface area contributed by atoms with Gasteiger partial charge in [0.1, 0.15) is 12.4 Å². The molecule has 31 heavy (non-hydrogen) atoms. The van der Waals surface area contributed by atoms with Crippen molar-refractivity contribution < 1.29 is 14.3 Å². The molecule has 0 fully saturated rings. The lowest BCUT2D eigenvalue weighted by molar-refractivity contribution is 0.0946. The zero-order valence-corrected chi connectivity index (χ0v) is 17.2. The number of fused-ring (bicyclic) bond motifs is 1. The Morgan fingerprint density at radius 1 is 1.00 bits per heavy atom. The normalized spacial score (nSPS) is 10.6. The van der Waals surface area contributed by atoms with Gasteiger partial charge in [-0.1, -0.05) is 0 Å². The number of hydrogen-bond acceptors (Lipinski definition) is 7. The third kappa shape index (κ3) is 4.55. The highest BCUT2D eigenvalue weighted by Crippen LogP contribution is 2.21. The van der Waals surface area contributed by atoms with Crippen LogP contribution in [0.5, 0.6) is 11.6 Å². The van der Waals surface area contributed by atoms with E-state index in [1.54, 1.807) is 35.9 Å². The fourth-order valence-electron chi connectivity index (χ4n) is 2.98. The molecule has 1 amide bonds. The predicted molar refractivity (Wildman–Crippen MR) is 117 cm³/mol. The molecule has 0 bridgehead atoms. The lowest BCUT2D eigenvalue weighted by Crippen LogP contribution is -2.28. The molecule has 2 N–H and O–H groups in total. The Morgan fingerprint density at radius 2 is 1.77 bits per heavy atom. The lowest BCUT2D eigenvalue weighted by atomic mass is 10.2. The van der Waals surface area contributed by atoms with Crippen LogP contribution in [0.25, 0.3) is 17.0 Å². The molecule has 4 aromatic rings. The van der Waals surface area contributed by atoms with Crippen molar-refractivity contribution in [3.05, 3.63) is 66.2 Å². The van der Waals surface area contributed by atoms with Gasteiger partial charge in [0, 0.05) is 29.9 Å². The number of aromatic nitrogens is 4. The van der Waals surface area contributed by atoms with Crippen LogP contribution in [0.2, 0.25) is 0 Å². The second-order valence-corrected chi connectivity index (χ2v) is 6.63. The van der Waals surface area contributed by atoms with Crippen LogP contribution >= 0.6 is 0 Å². The van der Waals surface area contributed by atoms with Gasteiger partial charge in [-0.25, -0.2) is 0 Å². The van der Waals surface area contributed by atoms with Gasteiger partial charge in [-0.3, -0.25) is 4.79 Å². The van der Waals surface area contributed by atoms with Crippen molar-refractivity contribution in [2.75, 3.05) is 32.6 Å². The number of methoxy groups -OCH3 is 1. The smallest absolute Gasteiger partial charge is 0.251 e. The molecule has 2 aromatic carbocycles. The van der Waals surface area contributed by atoms with E-state index in [1.807, 2.05) is 43.4 Å². The molecule has 0 unspecified atom stereocenters. The minimum Gasteiger partial charge on any atom is -0.497 e. The highest BCUT2D eigenvalue weighted by Gasteiger charge is 2.11. The first-order valence-corrected chi connectivity index (χ1v) is 9.73. The maximum atomic E-state index is 12.2. The number of anilines is 1. The van der Waals surface area contributed by atoms with Crippen molar-refractivity contribution in [3.8, 4) is 23.0 Å². The highest BCUT2D eigenvalue weighted by atomic mass is 16.5. The Kier molecular flexibility index (Phi) is 5.93. The molecule has 0 saturated heterocycles. The van der Waals surface area contributed by atoms with Crippen LogP contribution in [0, 0.1) is 0 Å². The summed E-state index contributed by atoms with van der Waals surface area (Å²) < 4.78 is 12.5. The van der Waals surface area contributed by atoms with Gasteiger partial charge in [-0.2, -0.15) is 4.52 Å². The van der Waals surface area contributed by atoms with E-state index >= 15 is 0 Å². The fraction of sp³-hybridized carbons (Fsp3) is 0.182. The Hall–Kier alpha value is -4.14. The Balaban J connectivity index is 1.37. The number of carbonyl (C=O) groups excluding carboxylic acids is 1. The molecular formula is C22H22N6O3. The molecule has 0 aliphatic carbocycles. The van der Waals surface area contributed by atoms with E-state index in [0.717, 1.165) is 17.0 Å². The monoisotopic (exact) mass is 418 g/mol. The summed E-state index contributed by atoms with van der Waals surface area (Å²) in [5.74, 6) is 1.61. The molecule has 4 rings (SSSR count). The number of ether oxygens (including phenoxy) is 2. The molecule has 2 heterocycles. The number of rotatable bonds is 8. The summed E-state index contributed by atoms with van der Waals surface area (Å²) >= 11 is 0. The van der Waals surface area contributed by atoms with Crippen molar-refractivity contribution in [3.63, 3.8) is 0 Å². The quantitative estimate of drug-likeness (QED) is 0.424. The molecule has 0 aliphatic heterocycles. The molecular weight excluding hydrogens is 396 g/mol. The van der Waals surface area contributed by atoms with E-state index in [1.165, 1.54) is 0 Å². The zero-order chi connectivity index (χ0) is 21.6. The number of carbonyl (C=O) groups is 1. The molecule has 158 valence electrons. The van der Waals surface area contributed by atoms with Crippen molar-refractivity contribution >= 4 is 17.2 Å². The Bertz CT molecular complexity index is 1170. The van der Waals surface area contributed by atoms with E-state index in [0.29, 0.717) is 29.5 Å². The van der Waals surface area contributed by atoms with Crippen LogP contribution < -0.4 is 20.1 Å². The third-order valence-corrected chi connectivity index (χ3v) is 4.66. The average Bonchev–Trinajstić information content (AvgIpc) is 3.25. The first-order chi connectivity index (χ1) is 15.2. The van der Waals surface area contributed by atoms with Crippen LogP contribution in [0.4, 0.5) is 5.69 Å². The van der Waals surface area contributed by atoms with Crippen molar-refractivity contribution in [2.45, 2.75) is 0 Å². The predicted octanol–water partition coefficient (Wildman–Crippen LogP) is 2.65. The number of nitrogens with one attached hydrogen (secondary N) is 2. The molecule has 0 saturated carbocycles. The Morgan fingerprint density at radius 3 is 2.48 bits per heavy atom. The van der Waals surface area contributed by atoms with E-state index in [9.17, 15) is 4.79 Å². The minimum atomic E-state index is -0.157. The van der Waals surface area contributed by atoms with Crippen LogP contribution in [0.15, 0.2) is 60.7 Å². The standard InChI is InChI=1S/C22H22N6O3/c1-23-17-7-3-16(4-8-17)22(29)24-13-14-31-20-12-11-19-25-26-21(28(19)27-20)15-5-9-18(30-2)10-6-15/h3-12,23H,13-14H2,1-2H3,(H,24,29). The second-order valence-electron chi connectivity index (χ2n) is 6.63. The molecule has 2 aromatic heterocycles. The van der Waals surface area contributed by atoms with E-state index in [-0.39, 0.29) is 12.5 Å². The first-order valence-electron chi connectivity index (χ1n) is 9.73. The fourth-order valence-corrected chi connectivity index (χ4v) is 2.98. The van der Waals surface area contributed by atoms with E-state index in [4.69, 9.17) is 9.47 Å². The first kappa shape index (κ1) is 20.1. The van der Waals surface area contributed by atoms with Crippen molar-refractivity contribution in [1.82, 2.24) is 25.1 Å². The van der Waals surface area contributed by atoms with Gasteiger partial charge >= 0.3 is 0 Å². The summed E-state index contributed by atoms with van der Waals surface area (Å²) in [6.07, 6.45) is 0. The maximum absolute atomic E-state index is 12.2. The van der Waals surface area contributed by atoms with Gasteiger partial charge in [0.05, 0.1) is 13.7 Å². The summed E-state index contributed by atoms with van der Waals surface area (Å²) in [5.41, 5.74) is 3.00. The lowest BCUT2D eigenvalue weighted by Gasteiger charge is -2.08. The molecule has 0 spiro atoms. The van der Waals surface area contributed by atoms with Gasteiger partial charge < -0.3 is 20.1 Å². The number of amides is 1. The van der Waals surface area contributed by atoms with Crippen LogP contribution in [-0.4, -0.2) is 53.0 Å². The van der Waals surface area contributed by atoms with Gasteiger partial charge in [-0.15, -0.1) is 15.3 Å². The topological polar surface area (TPSA) is 103 Å². The summed E-state index contributed by atoms with van der Waals surface area (Å²) in [4.78, 5) is 12.2. The summed E-state index contributed by atoms with van der Waals surface area (Å²) in [7, 11) is 3.45. The number of hydrogen-bond donors (Lipinski definition) is 2. The van der Waals surface area contributed by atoms with Crippen molar-refractivity contribution in [2.24, 2.45) is 0 Å². The third-order valence-electron chi connectivity index (χ3n) is 4.66. The zero-order valence-electron chi connectivity index (χ0n) is 17.2. The Labute approximate surface area is 179 Å². The van der Waals surface area contributed by atoms with Gasteiger partial charge in [0.25, 0.3) is 5.91 Å². The molecule has 0 atom stereocenters. The van der Waals surface area contributed by atoms with E-state index < -0.39 is 0 Å². The number of nitrogens with zero attached hydrogens (tertiary/aromatic N) is 4. The molecule has 9 heteroatoms. The van der Waals surface area contributed by atoms with Crippen LogP contribution in [-0.2, 0) is 0 Å². The minimum absolute atomic E-state index is 0.157.